The topological polar surface area (TPSA) is 360 Å². The van der Waals surface area contributed by atoms with Crippen LogP contribution in [0, 0.1) is 11.8 Å². The first-order valence-corrected chi connectivity index (χ1v) is 21.5. The number of aromatic nitrogens is 1. The van der Waals surface area contributed by atoms with Gasteiger partial charge in [-0.1, -0.05) is 45.9 Å². The molecule has 2 rings (SSSR count). The molecule has 0 saturated heterocycles. The van der Waals surface area contributed by atoms with E-state index in [9.17, 15) is 53.4 Å². The van der Waals surface area contributed by atoms with Gasteiger partial charge in [-0.15, -0.1) is 0 Å². The van der Waals surface area contributed by atoms with Crippen LogP contribution >= 0.6 is 11.8 Å². The van der Waals surface area contributed by atoms with Gasteiger partial charge in [0.05, 0.1) is 18.6 Å². The van der Waals surface area contributed by atoms with Gasteiger partial charge in [-0.25, -0.2) is 4.79 Å². The number of para-hydroxylation sites is 1. The van der Waals surface area contributed by atoms with Crippen molar-refractivity contribution >= 4 is 75.9 Å². The van der Waals surface area contributed by atoms with Gasteiger partial charge < -0.3 is 64.3 Å². The van der Waals surface area contributed by atoms with Crippen LogP contribution in [0.5, 0.6) is 0 Å². The Hall–Kier alpha value is -5.74. The standard InChI is InChI=1S/C40H62N10O11S/c1-19(2)15-27(36(56)45-26(13-14-62-6)35(55)49-29(17-31(42)53)38(58)50-33(21(5)51)40(60)61)47-37(57)28(16-22-18-44-24-10-8-7-9-23(22)24)48-34(54)25(11-12-30(41)52)46-39(59)32(43)20(3)4/h7-10,18-21,25-29,32-33,44,51H,11-17,43H2,1-6H3,(H2,41,52)(H2,42,53)(H,45,56)(H,46,59)(H,47,57)(H,48,54)(H,49,55)(H,50,58)(H,60,61)/t21-,25+,26+,27+,28+,29+,32+,33+/m1/s1. The maximum absolute atomic E-state index is 14.3. The molecule has 0 aliphatic rings. The number of carboxylic acids is 1. The van der Waals surface area contributed by atoms with Crippen LogP contribution in [0.2, 0.25) is 0 Å². The minimum Gasteiger partial charge on any atom is -0.480 e. The van der Waals surface area contributed by atoms with E-state index in [1.165, 1.54) is 11.8 Å². The van der Waals surface area contributed by atoms with Gasteiger partial charge in [0, 0.05) is 29.9 Å². The number of thioether (sulfide) groups is 1. The van der Waals surface area contributed by atoms with Crippen molar-refractivity contribution in [2.45, 2.75) is 122 Å². The highest BCUT2D eigenvalue weighted by Gasteiger charge is 2.35. The SMILES string of the molecule is CSCC[C@H](NC(=O)[C@H](CC(C)C)NC(=O)[C@H](Cc1c[nH]c2ccccc12)NC(=O)[C@H](CCC(N)=O)NC(=O)[C@@H](N)C(C)C)C(=O)N[C@@H](CC(N)=O)C(=O)N[C@H](C(=O)O)[C@@H](C)O. The van der Waals surface area contributed by atoms with E-state index < -0.39 is 108 Å². The number of amides is 8. The fourth-order valence-corrected chi connectivity index (χ4v) is 6.68. The minimum atomic E-state index is -1.78. The van der Waals surface area contributed by atoms with Gasteiger partial charge in [0.1, 0.15) is 30.2 Å². The average Bonchev–Trinajstić information content (AvgIpc) is 3.60. The van der Waals surface area contributed by atoms with Gasteiger partial charge in [0.25, 0.3) is 0 Å². The zero-order chi connectivity index (χ0) is 46.8. The summed E-state index contributed by atoms with van der Waals surface area (Å²) in [6.07, 6.45) is 0.584. The summed E-state index contributed by atoms with van der Waals surface area (Å²) >= 11 is 1.33. The number of aliphatic hydroxyl groups is 1. The lowest BCUT2D eigenvalue weighted by atomic mass is 9.99. The zero-order valence-corrected chi connectivity index (χ0v) is 36.6. The Kier molecular flexibility index (Phi) is 21.3. The third-order valence-corrected chi connectivity index (χ3v) is 10.4. The largest absolute Gasteiger partial charge is 0.480 e. The second kappa shape index (κ2) is 25.3. The van der Waals surface area contributed by atoms with Crippen molar-refractivity contribution in [3.05, 3.63) is 36.0 Å². The van der Waals surface area contributed by atoms with Crippen LogP contribution in [0.3, 0.4) is 0 Å². The second-order valence-corrected chi connectivity index (χ2v) is 16.8. The summed E-state index contributed by atoms with van der Waals surface area (Å²) in [7, 11) is 0. The van der Waals surface area contributed by atoms with Crippen LogP contribution in [-0.2, 0) is 49.6 Å². The zero-order valence-electron chi connectivity index (χ0n) is 35.8. The Morgan fingerprint density at radius 3 is 1.76 bits per heavy atom. The number of H-pyrrole nitrogens is 1. The van der Waals surface area contributed by atoms with E-state index in [0.717, 1.165) is 17.8 Å². The van der Waals surface area contributed by atoms with Crippen molar-refractivity contribution in [1.82, 2.24) is 36.9 Å². The molecular weight excluding hydrogens is 829 g/mol. The number of nitrogens with one attached hydrogen (secondary N) is 7. The van der Waals surface area contributed by atoms with Crippen LogP contribution < -0.4 is 49.1 Å². The van der Waals surface area contributed by atoms with Crippen LogP contribution in [-0.4, -0.2) is 129 Å². The van der Waals surface area contributed by atoms with Crippen LogP contribution in [0.1, 0.15) is 72.3 Å². The normalized spacial score (nSPS) is 15.2. The van der Waals surface area contributed by atoms with E-state index in [4.69, 9.17) is 17.2 Å². The molecule has 0 aliphatic carbocycles. The average molecular weight is 891 g/mol. The van der Waals surface area contributed by atoms with Crippen molar-refractivity contribution in [2.24, 2.45) is 29.0 Å². The maximum Gasteiger partial charge on any atom is 0.328 e. The Morgan fingerprint density at radius 1 is 0.694 bits per heavy atom. The number of hydrogen-bond acceptors (Lipinski definition) is 12. The molecule has 344 valence electrons. The van der Waals surface area contributed by atoms with Crippen molar-refractivity contribution in [1.29, 1.82) is 0 Å². The molecule has 0 fully saturated rings. The highest BCUT2D eigenvalue weighted by Crippen LogP contribution is 2.20. The molecule has 8 atom stereocenters. The number of hydrogen-bond donors (Lipinski definition) is 12. The molecule has 22 heteroatoms. The molecule has 0 unspecified atom stereocenters. The third-order valence-electron chi connectivity index (χ3n) is 9.73. The summed E-state index contributed by atoms with van der Waals surface area (Å²) in [6, 6.07) is -2.57. The molecule has 0 radical (unpaired) electrons. The Bertz CT molecular complexity index is 1910. The molecule has 1 aromatic heterocycles. The number of primary amides is 2. The smallest absolute Gasteiger partial charge is 0.328 e. The number of aliphatic hydroxyl groups excluding tert-OH is 1. The van der Waals surface area contributed by atoms with E-state index in [1.54, 1.807) is 46.2 Å². The number of fused-ring (bicyclic) bond motifs is 1. The van der Waals surface area contributed by atoms with Gasteiger partial charge >= 0.3 is 5.97 Å². The Balaban J connectivity index is 2.48. The summed E-state index contributed by atoms with van der Waals surface area (Å²) in [5.74, 6) is -8.69. The maximum atomic E-state index is 14.3. The van der Waals surface area contributed by atoms with Gasteiger partial charge in [0.15, 0.2) is 6.04 Å². The van der Waals surface area contributed by atoms with Crippen molar-refractivity contribution in [2.75, 3.05) is 12.0 Å². The first kappa shape index (κ1) is 52.4. The molecule has 15 N–H and O–H groups in total. The molecular formula is C40H62N10O11S. The number of carbonyl (C=O) groups is 9. The minimum absolute atomic E-state index is 0.00947. The second-order valence-electron chi connectivity index (χ2n) is 15.8. The number of aromatic amines is 1. The van der Waals surface area contributed by atoms with E-state index in [-0.39, 0.29) is 43.9 Å². The predicted octanol–water partition coefficient (Wildman–Crippen LogP) is -1.99. The third kappa shape index (κ3) is 17.0. The van der Waals surface area contributed by atoms with Gasteiger partial charge in [-0.05, 0) is 61.7 Å². The van der Waals surface area contributed by atoms with Gasteiger partial charge in [-0.3, -0.25) is 38.4 Å². The number of nitrogens with two attached hydrogens (primary N) is 3. The fourth-order valence-electron chi connectivity index (χ4n) is 6.21. The molecule has 2 aromatic rings. The Labute approximate surface area is 363 Å². The highest BCUT2D eigenvalue weighted by molar-refractivity contribution is 7.98. The lowest BCUT2D eigenvalue weighted by Crippen LogP contribution is -2.61. The molecule has 8 amide bonds. The Morgan fingerprint density at radius 2 is 1.21 bits per heavy atom. The van der Waals surface area contributed by atoms with Crippen molar-refractivity contribution < 1.29 is 53.4 Å². The summed E-state index contributed by atoms with van der Waals surface area (Å²) in [5, 5.41) is 35.0. The summed E-state index contributed by atoms with van der Waals surface area (Å²) in [5.41, 5.74) is 18.1. The van der Waals surface area contributed by atoms with Crippen LogP contribution in [0.4, 0.5) is 0 Å². The lowest BCUT2D eigenvalue weighted by Gasteiger charge is -2.28. The fraction of sp³-hybridized carbons (Fsp3) is 0.575. The summed E-state index contributed by atoms with van der Waals surface area (Å²) in [6.45, 7) is 8.11. The van der Waals surface area contributed by atoms with Crippen molar-refractivity contribution in [3.63, 3.8) is 0 Å². The molecule has 1 heterocycles. The van der Waals surface area contributed by atoms with Gasteiger partial charge in [-0.2, -0.15) is 11.8 Å². The van der Waals surface area contributed by atoms with E-state index in [1.807, 2.05) is 18.2 Å². The van der Waals surface area contributed by atoms with Crippen molar-refractivity contribution in [3.8, 4) is 0 Å². The number of rotatable bonds is 27. The molecule has 62 heavy (non-hydrogen) atoms. The molecule has 0 saturated carbocycles. The molecule has 0 spiro atoms. The molecule has 0 aliphatic heterocycles. The lowest BCUT2D eigenvalue weighted by molar-refractivity contribution is -0.145. The van der Waals surface area contributed by atoms with E-state index in [0.29, 0.717) is 11.3 Å². The van der Waals surface area contributed by atoms with E-state index in [2.05, 4.69) is 36.9 Å². The number of carbonyl (C=O) groups excluding carboxylic acids is 8. The quantitative estimate of drug-likeness (QED) is 0.0463. The number of benzene rings is 1. The highest BCUT2D eigenvalue weighted by atomic mass is 32.2. The number of aliphatic carboxylic acids is 1. The van der Waals surface area contributed by atoms with E-state index >= 15 is 0 Å². The molecule has 21 nitrogen and oxygen atoms in total. The van der Waals surface area contributed by atoms with Gasteiger partial charge in [0.2, 0.25) is 47.3 Å². The number of carboxylic acid groups (broad SMARTS) is 1. The summed E-state index contributed by atoms with van der Waals surface area (Å²) < 4.78 is 0. The molecule has 1 aromatic carbocycles. The van der Waals surface area contributed by atoms with Crippen LogP contribution in [0.15, 0.2) is 30.5 Å². The first-order chi connectivity index (χ1) is 29.0. The monoisotopic (exact) mass is 890 g/mol. The summed E-state index contributed by atoms with van der Waals surface area (Å²) in [4.78, 5) is 120. The first-order valence-electron chi connectivity index (χ1n) is 20.1. The van der Waals surface area contributed by atoms with Crippen LogP contribution in [0.25, 0.3) is 10.9 Å². The molecule has 0 bridgehead atoms. The predicted molar refractivity (Wildman–Crippen MR) is 230 cm³/mol.